The van der Waals surface area contributed by atoms with Gasteiger partial charge in [0, 0.05) is 17.8 Å². The molecule has 0 fully saturated rings. The van der Waals surface area contributed by atoms with Gasteiger partial charge in [0.25, 0.3) is 5.91 Å². The van der Waals surface area contributed by atoms with Gasteiger partial charge in [0.1, 0.15) is 0 Å². The smallest absolute Gasteiger partial charge is 0.261 e. The van der Waals surface area contributed by atoms with Crippen LogP contribution in [0.3, 0.4) is 0 Å². The molecule has 0 aliphatic carbocycles. The maximum absolute atomic E-state index is 12.4. The predicted octanol–water partition coefficient (Wildman–Crippen LogP) is 2.77. The molecule has 1 amide bonds. The minimum Gasteiger partial charge on any atom is -0.290 e. The monoisotopic (exact) mass is 330 g/mol. The molecule has 0 spiro atoms. The average molecular weight is 330 g/mol. The SMILES string of the molecule is Cc1c(C(=O)Nc2ncccn2)cnn1-c1ccc2ccccc2n1. The number of rotatable bonds is 3. The van der Waals surface area contributed by atoms with Gasteiger partial charge in [0.05, 0.1) is 23.0 Å². The van der Waals surface area contributed by atoms with E-state index in [4.69, 9.17) is 0 Å². The molecule has 4 rings (SSSR count). The fourth-order valence-electron chi connectivity index (χ4n) is 2.57. The molecule has 4 aromatic rings. The fourth-order valence-corrected chi connectivity index (χ4v) is 2.57. The van der Waals surface area contributed by atoms with Crippen molar-refractivity contribution in [3.8, 4) is 5.82 Å². The number of carbonyl (C=O) groups excluding carboxylic acids is 1. The van der Waals surface area contributed by atoms with E-state index >= 15 is 0 Å². The summed E-state index contributed by atoms with van der Waals surface area (Å²) in [6.45, 7) is 1.82. The topological polar surface area (TPSA) is 85.6 Å². The van der Waals surface area contributed by atoms with Gasteiger partial charge in [-0.25, -0.2) is 19.6 Å². The van der Waals surface area contributed by atoms with Crippen LogP contribution in [0.5, 0.6) is 0 Å². The zero-order valence-electron chi connectivity index (χ0n) is 13.4. The number of pyridine rings is 1. The van der Waals surface area contributed by atoms with Crippen molar-refractivity contribution in [1.82, 2.24) is 24.7 Å². The largest absolute Gasteiger partial charge is 0.290 e. The second-order valence-corrected chi connectivity index (χ2v) is 5.44. The van der Waals surface area contributed by atoms with Crippen molar-refractivity contribution < 1.29 is 4.79 Å². The zero-order chi connectivity index (χ0) is 17.2. The molecule has 0 bridgehead atoms. The van der Waals surface area contributed by atoms with Gasteiger partial charge in [-0.05, 0) is 31.2 Å². The lowest BCUT2D eigenvalue weighted by molar-refractivity contribution is 0.102. The zero-order valence-corrected chi connectivity index (χ0v) is 13.4. The highest BCUT2D eigenvalue weighted by Crippen LogP contribution is 2.17. The van der Waals surface area contributed by atoms with Crippen LogP contribution in [0.25, 0.3) is 16.7 Å². The second-order valence-electron chi connectivity index (χ2n) is 5.44. The first-order chi connectivity index (χ1) is 12.2. The minimum atomic E-state index is -0.310. The van der Waals surface area contributed by atoms with E-state index in [9.17, 15) is 4.79 Å². The van der Waals surface area contributed by atoms with E-state index in [1.807, 2.05) is 43.3 Å². The Hall–Kier alpha value is -3.61. The molecule has 122 valence electrons. The van der Waals surface area contributed by atoms with Crippen LogP contribution in [0.2, 0.25) is 0 Å². The Balaban J connectivity index is 1.67. The van der Waals surface area contributed by atoms with E-state index in [1.54, 1.807) is 23.1 Å². The normalized spacial score (nSPS) is 10.8. The van der Waals surface area contributed by atoms with Gasteiger partial charge in [-0.3, -0.25) is 10.1 Å². The fraction of sp³-hybridized carbons (Fsp3) is 0.0556. The van der Waals surface area contributed by atoms with Crippen LogP contribution in [0, 0.1) is 6.92 Å². The molecule has 0 aliphatic rings. The van der Waals surface area contributed by atoms with Gasteiger partial charge in [-0.1, -0.05) is 18.2 Å². The highest BCUT2D eigenvalue weighted by molar-refractivity contribution is 6.04. The number of anilines is 1. The summed E-state index contributed by atoms with van der Waals surface area (Å²) < 4.78 is 1.65. The van der Waals surface area contributed by atoms with Gasteiger partial charge in [-0.2, -0.15) is 5.10 Å². The van der Waals surface area contributed by atoms with Crippen LogP contribution in [0.15, 0.2) is 61.1 Å². The minimum absolute atomic E-state index is 0.253. The third-order valence-corrected chi connectivity index (χ3v) is 3.85. The number of carbonyl (C=O) groups is 1. The van der Waals surface area contributed by atoms with Crippen molar-refractivity contribution in [3.63, 3.8) is 0 Å². The van der Waals surface area contributed by atoms with E-state index in [2.05, 4.69) is 25.4 Å². The number of benzene rings is 1. The molecule has 3 aromatic heterocycles. The Morgan fingerprint density at radius 1 is 1.04 bits per heavy atom. The van der Waals surface area contributed by atoms with Crippen molar-refractivity contribution in [3.05, 3.63) is 72.3 Å². The third kappa shape index (κ3) is 2.83. The van der Waals surface area contributed by atoms with Gasteiger partial charge < -0.3 is 0 Å². The van der Waals surface area contributed by atoms with E-state index in [0.717, 1.165) is 10.9 Å². The molecule has 0 saturated heterocycles. The molecule has 3 heterocycles. The summed E-state index contributed by atoms with van der Waals surface area (Å²) in [5, 5.41) is 8.02. The van der Waals surface area contributed by atoms with Crippen molar-refractivity contribution in [2.75, 3.05) is 5.32 Å². The van der Waals surface area contributed by atoms with Crippen molar-refractivity contribution >= 4 is 22.8 Å². The van der Waals surface area contributed by atoms with E-state index in [-0.39, 0.29) is 11.9 Å². The van der Waals surface area contributed by atoms with Crippen molar-refractivity contribution in [2.45, 2.75) is 6.92 Å². The standard InChI is InChI=1S/C18H14N6O/c1-12-14(17(25)23-18-19-9-4-10-20-18)11-21-24(12)16-8-7-13-5-2-3-6-15(13)22-16/h2-11H,1H3,(H,19,20,23,25). The predicted molar refractivity (Wildman–Crippen MR) is 93.6 cm³/mol. The van der Waals surface area contributed by atoms with Crippen LogP contribution >= 0.6 is 0 Å². The number of hydrogen-bond donors (Lipinski definition) is 1. The number of nitrogens with one attached hydrogen (secondary N) is 1. The molecule has 7 nitrogen and oxygen atoms in total. The van der Waals surface area contributed by atoms with Crippen molar-refractivity contribution in [1.29, 1.82) is 0 Å². The Morgan fingerprint density at radius 2 is 1.84 bits per heavy atom. The molecule has 0 radical (unpaired) electrons. The number of hydrogen-bond acceptors (Lipinski definition) is 5. The molecule has 1 N–H and O–H groups in total. The molecule has 0 unspecified atom stereocenters. The molecule has 7 heteroatoms. The van der Waals surface area contributed by atoms with Gasteiger partial charge in [0.15, 0.2) is 5.82 Å². The summed E-state index contributed by atoms with van der Waals surface area (Å²) in [7, 11) is 0. The summed E-state index contributed by atoms with van der Waals surface area (Å²) in [5.41, 5.74) is 2.01. The molecule has 1 aromatic carbocycles. The first kappa shape index (κ1) is 14.9. The third-order valence-electron chi connectivity index (χ3n) is 3.85. The van der Waals surface area contributed by atoms with Crippen LogP contribution in [0.1, 0.15) is 16.1 Å². The van der Waals surface area contributed by atoms with E-state index in [0.29, 0.717) is 17.1 Å². The Bertz CT molecular complexity index is 1060. The number of aromatic nitrogens is 5. The van der Waals surface area contributed by atoms with Crippen LogP contribution in [0.4, 0.5) is 5.95 Å². The van der Waals surface area contributed by atoms with Gasteiger partial charge >= 0.3 is 0 Å². The molecule has 0 atom stereocenters. The van der Waals surface area contributed by atoms with Crippen LogP contribution in [-0.4, -0.2) is 30.6 Å². The number of amides is 1. The Labute approximate surface area is 143 Å². The first-order valence-corrected chi connectivity index (χ1v) is 7.71. The summed E-state index contributed by atoms with van der Waals surface area (Å²) >= 11 is 0. The van der Waals surface area contributed by atoms with Gasteiger partial charge in [-0.15, -0.1) is 0 Å². The quantitative estimate of drug-likeness (QED) is 0.624. The highest BCUT2D eigenvalue weighted by Gasteiger charge is 2.16. The maximum atomic E-state index is 12.4. The lowest BCUT2D eigenvalue weighted by Gasteiger charge is -2.06. The van der Waals surface area contributed by atoms with Crippen molar-refractivity contribution in [2.24, 2.45) is 0 Å². The highest BCUT2D eigenvalue weighted by atomic mass is 16.1. The van der Waals surface area contributed by atoms with Crippen LogP contribution in [-0.2, 0) is 0 Å². The Kier molecular flexibility index (Phi) is 3.66. The second kappa shape index (κ2) is 6.12. The van der Waals surface area contributed by atoms with E-state index < -0.39 is 0 Å². The Morgan fingerprint density at radius 3 is 2.68 bits per heavy atom. The molecule has 0 saturated carbocycles. The summed E-state index contributed by atoms with van der Waals surface area (Å²) in [6.07, 6.45) is 4.65. The first-order valence-electron chi connectivity index (χ1n) is 7.71. The summed E-state index contributed by atoms with van der Waals surface area (Å²) in [5.74, 6) is 0.602. The van der Waals surface area contributed by atoms with E-state index in [1.165, 1.54) is 6.20 Å². The average Bonchev–Trinajstić information content (AvgIpc) is 3.04. The number of nitrogens with zero attached hydrogens (tertiary/aromatic N) is 5. The molecule has 0 aliphatic heterocycles. The van der Waals surface area contributed by atoms with Gasteiger partial charge in [0.2, 0.25) is 5.95 Å². The summed E-state index contributed by atoms with van der Waals surface area (Å²) in [4.78, 5) is 25.0. The molecular formula is C18H14N6O. The lowest BCUT2D eigenvalue weighted by Crippen LogP contribution is -2.15. The molecular weight excluding hydrogens is 316 g/mol. The lowest BCUT2D eigenvalue weighted by atomic mass is 10.2. The molecule has 25 heavy (non-hydrogen) atoms. The number of fused-ring (bicyclic) bond motifs is 1. The number of para-hydroxylation sites is 1. The maximum Gasteiger partial charge on any atom is 0.261 e. The summed E-state index contributed by atoms with van der Waals surface area (Å²) in [6, 6.07) is 13.4. The van der Waals surface area contributed by atoms with Crippen LogP contribution < -0.4 is 5.32 Å².